The van der Waals surface area contributed by atoms with Crippen molar-refractivity contribution in [2.75, 3.05) is 0 Å². The van der Waals surface area contributed by atoms with Crippen LogP contribution in [0.5, 0.6) is 0 Å². The van der Waals surface area contributed by atoms with Crippen LogP contribution in [0, 0.1) is 11.8 Å². The largest absolute Gasteiger partial charge is 0.0816 e. The van der Waals surface area contributed by atoms with Gasteiger partial charge in [-0.15, -0.1) is 0 Å². The van der Waals surface area contributed by atoms with E-state index in [4.69, 9.17) is 0 Å². The molecule has 2 bridgehead atoms. The normalized spacial score (nSPS) is 29.3. The third-order valence-corrected chi connectivity index (χ3v) is 3.70. The highest BCUT2D eigenvalue weighted by molar-refractivity contribution is 5.27. The summed E-state index contributed by atoms with van der Waals surface area (Å²) >= 11 is 0. The summed E-state index contributed by atoms with van der Waals surface area (Å²) in [6, 6.07) is 10.9. The van der Waals surface area contributed by atoms with E-state index in [-0.39, 0.29) is 0 Å². The molecule has 0 nitrogen and oxygen atoms in total. The molecule has 0 radical (unpaired) electrons. The Morgan fingerprint density at radius 1 is 1.07 bits per heavy atom. The molecule has 0 saturated heterocycles. The minimum absolute atomic E-state index is 0.929. The Morgan fingerprint density at radius 3 is 2.57 bits per heavy atom. The van der Waals surface area contributed by atoms with Crippen molar-refractivity contribution in [3.63, 3.8) is 0 Å². The Hall–Kier alpha value is -1.04. The van der Waals surface area contributed by atoms with Gasteiger partial charge in [0.1, 0.15) is 0 Å². The van der Waals surface area contributed by atoms with Crippen LogP contribution in [-0.2, 0) is 6.42 Å². The molecule has 0 aromatic heterocycles. The molecule has 1 saturated carbocycles. The third kappa shape index (κ3) is 1.39. The van der Waals surface area contributed by atoms with Crippen molar-refractivity contribution >= 4 is 0 Å². The van der Waals surface area contributed by atoms with Crippen molar-refractivity contribution in [1.29, 1.82) is 0 Å². The molecule has 14 heavy (non-hydrogen) atoms. The smallest absolute Gasteiger partial charge is 0.00642 e. The van der Waals surface area contributed by atoms with Crippen molar-refractivity contribution in [2.24, 2.45) is 11.8 Å². The second-order valence-electron chi connectivity index (χ2n) is 4.67. The van der Waals surface area contributed by atoms with Crippen LogP contribution < -0.4 is 0 Å². The maximum absolute atomic E-state index is 2.54. The molecular formula is C14H16. The van der Waals surface area contributed by atoms with Gasteiger partial charge >= 0.3 is 0 Å². The monoisotopic (exact) mass is 184 g/mol. The van der Waals surface area contributed by atoms with Crippen LogP contribution in [0.1, 0.15) is 24.8 Å². The highest BCUT2D eigenvalue weighted by Crippen LogP contribution is 2.44. The van der Waals surface area contributed by atoms with Crippen LogP contribution in [0.25, 0.3) is 0 Å². The topological polar surface area (TPSA) is 0 Å². The lowest BCUT2D eigenvalue weighted by atomic mass is 9.93. The zero-order valence-corrected chi connectivity index (χ0v) is 8.45. The second kappa shape index (κ2) is 3.27. The number of rotatable bonds is 2. The van der Waals surface area contributed by atoms with Gasteiger partial charge in [-0.05, 0) is 43.1 Å². The lowest BCUT2D eigenvalue weighted by Gasteiger charge is -2.12. The van der Waals surface area contributed by atoms with Gasteiger partial charge in [0, 0.05) is 0 Å². The van der Waals surface area contributed by atoms with Gasteiger partial charge in [0.25, 0.3) is 0 Å². The number of fused-ring (bicyclic) bond motifs is 2. The molecule has 3 rings (SSSR count). The quantitative estimate of drug-likeness (QED) is 0.616. The Balaban J connectivity index is 1.77. The van der Waals surface area contributed by atoms with Gasteiger partial charge in [-0.2, -0.15) is 0 Å². The van der Waals surface area contributed by atoms with Gasteiger partial charge in [-0.3, -0.25) is 0 Å². The molecule has 2 aliphatic carbocycles. The van der Waals surface area contributed by atoms with Crippen LogP contribution in [-0.4, -0.2) is 0 Å². The van der Waals surface area contributed by atoms with E-state index < -0.39 is 0 Å². The summed E-state index contributed by atoms with van der Waals surface area (Å²) in [5, 5.41) is 0. The molecular weight excluding hydrogens is 168 g/mol. The van der Waals surface area contributed by atoms with E-state index in [0.29, 0.717) is 0 Å². The molecule has 0 aliphatic heterocycles. The first-order valence-electron chi connectivity index (χ1n) is 5.66. The second-order valence-corrected chi connectivity index (χ2v) is 4.67. The fourth-order valence-corrected chi connectivity index (χ4v) is 2.98. The Kier molecular flexibility index (Phi) is 1.93. The van der Waals surface area contributed by atoms with Crippen LogP contribution >= 0.6 is 0 Å². The fourth-order valence-electron chi connectivity index (χ4n) is 2.98. The molecule has 0 spiro atoms. The van der Waals surface area contributed by atoms with Gasteiger partial charge < -0.3 is 0 Å². The lowest BCUT2D eigenvalue weighted by Crippen LogP contribution is -2.00. The zero-order valence-electron chi connectivity index (χ0n) is 8.45. The van der Waals surface area contributed by atoms with E-state index in [1.807, 2.05) is 0 Å². The fraction of sp³-hybridized carbons (Fsp3) is 0.429. The summed E-state index contributed by atoms with van der Waals surface area (Å²) in [6.07, 6.45) is 8.08. The van der Waals surface area contributed by atoms with Gasteiger partial charge in [0.15, 0.2) is 0 Å². The molecule has 1 aromatic rings. The first-order valence-corrected chi connectivity index (χ1v) is 5.66. The number of hydrogen-bond acceptors (Lipinski definition) is 0. The average molecular weight is 184 g/mol. The van der Waals surface area contributed by atoms with E-state index >= 15 is 0 Å². The molecule has 0 heterocycles. The maximum atomic E-state index is 2.54. The van der Waals surface area contributed by atoms with E-state index in [2.05, 4.69) is 36.4 Å². The molecule has 72 valence electrons. The van der Waals surface area contributed by atoms with Gasteiger partial charge in [0.2, 0.25) is 0 Å². The summed E-state index contributed by atoms with van der Waals surface area (Å²) in [6.45, 7) is 0. The first-order chi connectivity index (χ1) is 6.92. The van der Waals surface area contributed by atoms with Crippen LogP contribution in [0.3, 0.4) is 0 Å². The molecule has 1 fully saturated rings. The standard InChI is InChI=1S/C14H16/c1-2-4-11(5-3-1)8-14-10-12-6-7-13(14)9-12/h1-5,10,12-13H,6-9H2. The highest BCUT2D eigenvalue weighted by atomic mass is 14.4. The van der Waals surface area contributed by atoms with Gasteiger partial charge in [-0.1, -0.05) is 42.0 Å². The van der Waals surface area contributed by atoms with Crippen molar-refractivity contribution in [3.05, 3.63) is 47.5 Å². The van der Waals surface area contributed by atoms with Crippen molar-refractivity contribution in [2.45, 2.75) is 25.7 Å². The Labute approximate surface area is 85.6 Å². The molecule has 2 unspecified atom stereocenters. The number of benzene rings is 1. The molecule has 0 heteroatoms. The van der Waals surface area contributed by atoms with E-state index in [1.54, 1.807) is 5.57 Å². The number of hydrogen-bond donors (Lipinski definition) is 0. The Morgan fingerprint density at radius 2 is 1.93 bits per heavy atom. The lowest BCUT2D eigenvalue weighted by molar-refractivity contribution is 0.641. The number of allylic oxidation sites excluding steroid dienone is 2. The summed E-state index contributed by atoms with van der Waals surface area (Å²) in [5.41, 5.74) is 3.19. The minimum Gasteiger partial charge on any atom is -0.0816 e. The van der Waals surface area contributed by atoms with Crippen molar-refractivity contribution in [1.82, 2.24) is 0 Å². The van der Waals surface area contributed by atoms with Crippen molar-refractivity contribution < 1.29 is 0 Å². The predicted molar refractivity (Wildman–Crippen MR) is 59.1 cm³/mol. The SMILES string of the molecule is C1=C(Cc2ccccc2)C2CCC1C2. The van der Waals surface area contributed by atoms with Crippen molar-refractivity contribution in [3.8, 4) is 0 Å². The molecule has 2 atom stereocenters. The van der Waals surface area contributed by atoms with E-state index in [9.17, 15) is 0 Å². The average Bonchev–Trinajstić information content (AvgIpc) is 2.81. The molecule has 0 N–H and O–H groups in total. The third-order valence-electron chi connectivity index (χ3n) is 3.70. The zero-order chi connectivity index (χ0) is 9.38. The van der Waals surface area contributed by atoms with E-state index in [0.717, 1.165) is 11.8 Å². The first kappa shape index (κ1) is 8.28. The Bertz CT molecular complexity index is 348. The summed E-state index contributed by atoms with van der Waals surface area (Å²) in [5.74, 6) is 1.86. The molecule has 1 aromatic carbocycles. The van der Waals surface area contributed by atoms with Gasteiger partial charge in [-0.25, -0.2) is 0 Å². The molecule has 2 aliphatic rings. The van der Waals surface area contributed by atoms with Crippen LogP contribution in [0.2, 0.25) is 0 Å². The predicted octanol–water partition coefficient (Wildman–Crippen LogP) is 3.59. The highest BCUT2D eigenvalue weighted by Gasteiger charge is 2.32. The molecule has 0 amide bonds. The van der Waals surface area contributed by atoms with Gasteiger partial charge in [0.05, 0.1) is 0 Å². The summed E-state index contributed by atoms with van der Waals surface area (Å²) in [4.78, 5) is 0. The van der Waals surface area contributed by atoms with Crippen LogP contribution in [0.15, 0.2) is 42.0 Å². The van der Waals surface area contributed by atoms with Crippen LogP contribution in [0.4, 0.5) is 0 Å². The minimum atomic E-state index is 0.929. The maximum Gasteiger partial charge on any atom is -0.00642 e. The summed E-state index contributed by atoms with van der Waals surface area (Å²) in [7, 11) is 0. The van der Waals surface area contributed by atoms with E-state index in [1.165, 1.54) is 31.2 Å². The summed E-state index contributed by atoms with van der Waals surface area (Å²) < 4.78 is 0.